The zero-order chi connectivity index (χ0) is 15.0. The third-order valence-electron chi connectivity index (χ3n) is 2.94. The number of carboxylic acids is 1. The summed E-state index contributed by atoms with van der Waals surface area (Å²) in [4.78, 5) is 24.3. The summed E-state index contributed by atoms with van der Waals surface area (Å²) in [5.74, 6) is -1.07. The second-order valence-electron chi connectivity index (χ2n) is 4.80. The number of rotatable bonds is 8. The number of carbonyl (C=O) groups excluding carboxylic acids is 1. The van der Waals surface area contributed by atoms with E-state index in [1.165, 1.54) is 0 Å². The zero-order valence-corrected chi connectivity index (χ0v) is 13.2. The summed E-state index contributed by atoms with van der Waals surface area (Å²) in [6.45, 7) is 4.46. The number of nitrogens with one attached hydrogen (secondary N) is 1. The van der Waals surface area contributed by atoms with E-state index in [1.54, 1.807) is 4.90 Å². The summed E-state index contributed by atoms with van der Waals surface area (Å²) >= 11 is 0. The monoisotopic (exact) mass is 314 g/mol. The van der Waals surface area contributed by atoms with Gasteiger partial charge in [0, 0.05) is 0 Å². The smallest absolute Gasteiger partial charge is 0.317 e. The highest BCUT2D eigenvalue weighted by Gasteiger charge is 2.15. The van der Waals surface area contributed by atoms with Crippen LogP contribution in [0.2, 0.25) is 0 Å². The highest BCUT2D eigenvalue weighted by Crippen LogP contribution is 2.10. The van der Waals surface area contributed by atoms with Gasteiger partial charge in [-0.25, -0.2) is 0 Å². The van der Waals surface area contributed by atoms with E-state index < -0.39 is 5.97 Å². The van der Waals surface area contributed by atoms with E-state index in [2.05, 4.69) is 5.32 Å². The van der Waals surface area contributed by atoms with E-state index in [1.807, 2.05) is 44.2 Å². The maximum absolute atomic E-state index is 11.9. The molecule has 5 nitrogen and oxygen atoms in total. The zero-order valence-electron chi connectivity index (χ0n) is 12.4. The molecule has 0 aliphatic heterocycles. The van der Waals surface area contributed by atoms with Gasteiger partial charge in [0.15, 0.2) is 0 Å². The van der Waals surface area contributed by atoms with Gasteiger partial charge in [-0.1, -0.05) is 37.3 Å². The summed E-state index contributed by atoms with van der Waals surface area (Å²) < 4.78 is 0. The first kappa shape index (κ1) is 19.4. The average Bonchev–Trinajstić information content (AvgIpc) is 2.39. The van der Waals surface area contributed by atoms with Crippen LogP contribution in [0.1, 0.15) is 31.9 Å². The van der Waals surface area contributed by atoms with Crippen molar-refractivity contribution in [1.82, 2.24) is 10.2 Å². The van der Waals surface area contributed by atoms with Gasteiger partial charge in [-0.3, -0.25) is 14.5 Å². The topological polar surface area (TPSA) is 69.6 Å². The maximum Gasteiger partial charge on any atom is 0.317 e. The molecule has 1 rings (SSSR count). The molecule has 1 unspecified atom stereocenters. The number of hydrogen-bond acceptors (Lipinski definition) is 3. The number of amides is 1. The lowest BCUT2D eigenvalue weighted by atomic mass is 10.1. The number of hydrogen-bond donors (Lipinski definition) is 2. The van der Waals surface area contributed by atoms with E-state index >= 15 is 0 Å². The molecular weight excluding hydrogens is 292 g/mol. The minimum Gasteiger partial charge on any atom is -0.480 e. The Balaban J connectivity index is 0.00000400. The second-order valence-corrected chi connectivity index (χ2v) is 4.80. The number of carboxylic acid groups (broad SMARTS) is 1. The van der Waals surface area contributed by atoms with Crippen molar-refractivity contribution in [3.05, 3.63) is 35.9 Å². The summed E-state index contributed by atoms with van der Waals surface area (Å²) in [6.07, 6.45) is 0.814. The number of aliphatic carboxylic acids is 1. The van der Waals surface area contributed by atoms with E-state index in [4.69, 9.17) is 5.11 Å². The van der Waals surface area contributed by atoms with E-state index in [0.717, 1.165) is 12.0 Å². The summed E-state index contributed by atoms with van der Waals surface area (Å²) in [5, 5.41) is 11.7. The second kappa shape index (κ2) is 10.2. The van der Waals surface area contributed by atoms with E-state index in [-0.39, 0.29) is 37.4 Å². The molecule has 0 fully saturated rings. The third kappa shape index (κ3) is 7.68. The molecule has 1 atom stereocenters. The van der Waals surface area contributed by atoms with Crippen LogP contribution < -0.4 is 5.32 Å². The first-order valence-corrected chi connectivity index (χ1v) is 6.81. The maximum atomic E-state index is 11.9. The SMILES string of the molecule is CCCN(CC(=O)O)CC(=O)NC(C)c1ccccc1.Cl. The van der Waals surface area contributed by atoms with Crippen molar-refractivity contribution in [3.8, 4) is 0 Å². The Kier molecular flexibility index (Phi) is 9.41. The Morgan fingerprint density at radius 2 is 1.86 bits per heavy atom. The van der Waals surface area contributed by atoms with Crippen LogP contribution in [-0.2, 0) is 9.59 Å². The highest BCUT2D eigenvalue weighted by atomic mass is 35.5. The Hall–Kier alpha value is -1.59. The molecule has 0 aromatic heterocycles. The quantitative estimate of drug-likeness (QED) is 0.771. The van der Waals surface area contributed by atoms with E-state index in [0.29, 0.717) is 6.54 Å². The Morgan fingerprint density at radius 3 is 2.38 bits per heavy atom. The van der Waals surface area contributed by atoms with Gasteiger partial charge in [-0.05, 0) is 25.5 Å². The van der Waals surface area contributed by atoms with Gasteiger partial charge in [-0.15, -0.1) is 12.4 Å². The lowest BCUT2D eigenvalue weighted by molar-refractivity contribution is -0.138. The molecule has 0 saturated carbocycles. The lowest BCUT2D eigenvalue weighted by Gasteiger charge is -2.21. The number of halogens is 1. The number of carbonyl (C=O) groups is 2. The van der Waals surface area contributed by atoms with Crippen LogP contribution in [0.5, 0.6) is 0 Å². The van der Waals surface area contributed by atoms with Gasteiger partial charge in [-0.2, -0.15) is 0 Å². The van der Waals surface area contributed by atoms with Crippen molar-refractivity contribution in [2.24, 2.45) is 0 Å². The fourth-order valence-electron chi connectivity index (χ4n) is 2.04. The molecule has 21 heavy (non-hydrogen) atoms. The van der Waals surface area contributed by atoms with Crippen molar-refractivity contribution in [2.75, 3.05) is 19.6 Å². The van der Waals surface area contributed by atoms with Crippen LogP contribution in [-0.4, -0.2) is 41.5 Å². The van der Waals surface area contributed by atoms with Gasteiger partial charge >= 0.3 is 5.97 Å². The fraction of sp³-hybridized carbons (Fsp3) is 0.467. The van der Waals surface area contributed by atoms with Crippen LogP contribution in [0.25, 0.3) is 0 Å². The molecule has 0 saturated heterocycles. The van der Waals surface area contributed by atoms with Crippen molar-refractivity contribution in [3.63, 3.8) is 0 Å². The third-order valence-corrected chi connectivity index (χ3v) is 2.94. The number of nitrogens with zero attached hydrogens (tertiary/aromatic N) is 1. The highest BCUT2D eigenvalue weighted by molar-refractivity contribution is 5.85. The Labute approximate surface area is 131 Å². The predicted molar refractivity (Wildman–Crippen MR) is 84.6 cm³/mol. The van der Waals surface area contributed by atoms with Gasteiger partial charge in [0.25, 0.3) is 0 Å². The molecule has 2 N–H and O–H groups in total. The minimum absolute atomic E-state index is 0. The molecule has 0 spiro atoms. The van der Waals surface area contributed by atoms with Crippen LogP contribution in [0.15, 0.2) is 30.3 Å². The standard InChI is InChI=1S/C15H22N2O3.ClH/c1-3-9-17(11-15(19)20)10-14(18)16-12(2)13-7-5-4-6-8-13;/h4-8,12H,3,9-11H2,1-2H3,(H,16,18)(H,19,20);1H. The first-order chi connectivity index (χ1) is 9.52. The molecule has 0 heterocycles. The Morgan fingerprint density at radius 1 is 1.24 bits per heavy atom. The fourth-order valence-corrected chi connectivity index (χ4v) is 2.04. The molecule has 1 aromatic rings. The van der Waals surface area contributed by atoms with Crippen molar-refractivity contribution in [2.45, 2.75) is 26.3 Å². The molecule has 0 aliphatic rings. The number of benzene rings is 1. The first-order valence-electron chi connectivity index (χ1n) is 6.81. The largest absolute Gasteiger partial charge is 0.480 e. The lowest BCUT2D eigenvalue weighted by Crippen LogP contribution is -2.40. The normalized spacial score (nSPS) is 11.6. The van der Waals surface area contributed by atoms with E-state index in [9.17, 15) is 9.59 Å². The molecular formula is C15H23ClN2O3. The summed E-state index contributed by atoms with van der Waals surface area (Å²) in [5.41, 5.74) is 1.03. The van der Waals surface area contributed by atoms with Gasteiger partial charge in [0.1, 0.15) is 0 Å². The van der Waals surface area contributed by atoms with Crippen molar-refractivity contribution >= 4 is 24.3 Å². The molecule has 0 bridgehead atoms. The van der Waals surface area contributed by atoms with Crippen LogP contribution in [0, 0.1) is 0 Å². The van der Waals surface area contributed by atoms with Gasteiger partial charge < -0.3 is 10.4 Å². The average molecular weight is 315 g/mol. The van der Waals surface area contributed by atoms with Crippen molar-refractivity contribution in [1.29, 1.82) is 0 Å². The molecule has 1 aromatic carbocycles. The molecule has 0 radical (unpaired) electrons. The molecule has 1 amide bonds. The predicted octanol–water partition coefficient (Wildman–Crippen LogP) is 2.08. The van der Waals surface area contributed by atoms with Crippen LogP contribution in [0.4, 0.5) is 0 Å². The van der Waals surface area contributed by atoms with Gasteiger partial charge in [0.05, 0.1) is 19.1 Å². The summed E-state index contributed by atoms with van der Waals surface area (Å²) in [7, 11) is 0. The minimum atomic E-state index is -0.914. The molecule has 0 aliphatic carbocycles. The van der Waals surface area contributed by atoms with Gasteiger partial charge in [0.2, 0.25) is 5.91 Å². The van der Waals surface area contributed by atoms with Crippen LogP contribution >= 0.6 is 12.4 Å². The molecule has 118 valence electrons. The van der Waals surface area contributed by atoms with Crippen molar-refractivity contribution < 1.29 is 14.7 Å². The Bertz CT molecular complexity index is 440. The summed E-state index contributed by atoms with van der Waals surface area (Å²) in [6, 6.07) is 9.58. The molecule has 6 heteroatoms. The van der Waals surface area contributed by atoms with Crippen LogP contribution in [0.3, 0.4) is 0 Å².